The molecule has 1 aliphatic rings. The van der Waals surface area contributed by atoms with Crippen molar-refractivity contribution in [2.45, 2.75) is 6.18 Å². The standard InChI is InChI=1S/C13H18F3N5O3/c14-13(15,16)9-7-10(20-12(19-9)18-8-11(22)23)17-1-2-21-3-5-24-6-4-21/h7H,1-6,8H2,(H,22,23)(H2,17,18,19,20). The molecule has 3 N–H and O–H groups in total. The minimum absolute atomic E-state index is 0.0153. The molecule has 8 nitrogen and oxygen atoms in total. The summed E-state index contributed by atoms with van der Waals surface area (Å²) in [6, 6.07) is 0.797. The summed E-state index contributed by atoms with van der Waals surface area (Å²) in [4.78, 5) is 19.8. The van der Waals surface area contributed by atoms with Crippen LogP contribution in [0.5, 0.6) is 0 Å². The fourth-order valence-electron chi connectivity index (χ4n) is 2.08. The summed E-state index contributed by atoms with van der Waals surface area (Å²) in [5.41, 5.74) is -1.14. The number of aromatic nitrogens is 2. The van der Waals surface area contributed by atoms with Gasteiger partial charge in [-0.05, 0) is 0 Å². The van der Waals surface area contributed by atoms with Crippen LogP contribution in [-0.2, 0) is 15.7 Å². The summed E-state index contributed by atoms with van der Waals surface area (Å²) in [6.45, 7) is 3.26. The van der Waals surface area contributed by atoms with Crippen LogP contribution in [0.4, 0.5) is 24.9 Å². The van der Waals surface area contributed by atoms with Gasteiger partial charge in [0.1, 0.15) is 12.4 Å². The van der Waals surface area contributed by atoms with E-state index in [4.69, 9.17) is 9.84 Å². The summed E-state index contributed by atoms with van der Waals surface area (Å²) in [6.07, 6.45) is -4.65. The minimum atomic E-state index is -4.65. The van der Waals surface area contributed by atoms with Crippen molar-refractivity contribution in [1.29, 1.82) is 0 Å². The molecule has 1 aromatic heterocycles. The van der Waals surface area contributed by atoms with E-state index in [-0.39, 0.29) is 11.8 Å². The Morgan fingerprint density at radius 1 is 1.29 bits per heavy atom. The zero-order valence-electron chi connectivity index (χ0n) is 12.8. The Morgan fingerprint density at radius 2 is 2.00 bits per heavy atom. The molecule has 0 atom stereocenters. The van der Waals surface area contributed by atoms with E-state index in [1.807, 2.05) is 0 Å². The molecule has 1 fully saturated rings. The Balaban J connectivity index is 2.00. The molecule has 2 heterocycles. The number of carboxylic acid groups (broad SMARTS) is 1. The number of nitrogens with one attached hydrogen (secondary N) is 2. The van der Waals surface area contributed by atoms with Crippen molar-refractivity contribution >= 4 is 17.7 Å². The SMILES string of the molecule is O=C(O)CNc1nc(NCCN2CCOCC2)cc(C(F)(F)F)n1. The molecular formula is C13H18F3N5O3. The Morgan fingerprint density at radius 3 is 2.62 bits per heavy atom. The quantitative estimate of drug-likeness (QED) is 0.663. The van der Waals surface area contributed by atoms with E-state index < -0.39 is 24.4 Å². The number of anilines is 2. The average Bonchev–Trinajstić information content (AvgIpc) is 2.53. The Hall–Kier alpha value is -2.14. The van der Waals surface area contributed by atoms with Crippen molar-refractivity contribution in [3.05, 3.63) is 11.8 Å². The predicted molar refractivity (Wildman–Crippen MR) is 78.9 cm³/mol. The van der Waals surface area contributed by atoms with Gasteiger partial charge in [0.05, 0.1) is 13.2 Å². The number of rotatable bonds is 7. The van der Waals surface area contributed by atoms with E-state index in [0.717, 1.165) is 19.2 Å². The first-order valence-corrected chi connectivity index (χ1v) is 7.30. The van der Waals surface area contributed by atoms with Gasteiger partial charge in [0.2, 0.25) is 5.95 Å². The molecule has 0 bridgehead atoms. The van der Waals surface area contributed by atoms with Crippen LogP contribution < -0.4 is 10.6 Å². The van der Waals surface area contributed by atoms with E-state index in [2.05, 4.69) is 25.5 Å². The summed E-state index contributed by atoms with van der Waals surface area (Å²) >= 11 is 0. The van der Waals surface area contributed by atoms with Crippen LogP contribution in [0.1, 0.15) is 5.69 Å². The number of aliphatic carboxylic acids is 1. The fraction of sp³-hybridized carbons (Fsp3) is 0.615. The molecule has 0 aliphatic carbocycles. The van der Waals surface area contributed by atoms with E-state index in [1.54, 1.807) is 0 Å². The molecule has 24 heavy (non-hydrogen) atoms. The molecule has 1 aliphatic heterocycles. The highest BCUT2D eigenvalue weighted by Crippen LogP contribution is 2.29. The summed E-state index contributed by atoms with van der Waals surface area (Å²) < 4.78 is 43.8. The van der Waals surface area contributed by atoms with Crippen molar-refractivity contribution in [3.63, 3.8) is 0 Å². The number of nitrogens with zero attached hydrogens (tertiary/aromatic N) is 3. The first-order chi connectivity index (χ1) is 11.3. The van der Waals surface area contributed by atoms with Gasteiger partial charge in [-0.3, -0.25) is 9.69 Å². The van der Waals surface area contributed by atoms with E-state index in [1.165, 1.54) is 0 Å². The molecule has 11 heteroatoms. The van der Waals surface area contributed by atoms with Gasteiger partial charge in [-0.1, -0.05) is 0 Å². The van der Waals surface area contributed by atoms with Crippen molar-refractivity contribution in [1.82, 2.24) is 14.9 Å². The third-order valence-corrected chi connectivity index (χ3v) is 3.25. The number of ether oxygens (including phenoxy) is 1. The Bertz CT molecular complexity index is 564. The van der Waals surface area contributed by atoms with Gasteiger partial charge < -0.3 is 20.5 Å². The molecule has 0 radical (unpaired) electrons. The Labute approximate surface area is 136 Å². The first-order valence-electron chi connectivity index (χ1n) is 7.30. The first kappa shape index (κ1) is 18.2. The van der Waals surface area contributed by atoms with Crippen LogP contribution in [0.25, 0.3) is 0 Å². The second kappa shape index (κ2) is 8.11. The lowest BCUT2D eigenvalue weighted by atomic mass is 10.3. The number of carboxylic acids is 1. The van der Waals surface area contributed by atoms with Gasteiger partial charge in [-0.2, -0.15) is 18.2 Å². The largest absolute Gasteiger partial charge is 0.480 e. The highest BCUT2D eigenvalue weighted by atomic mass is 19.4. The van der Waals surface area contributed by atoms with Gasteiger partial charge >= 0.3 is 12.1 Å². The molecule has 0 aromatic carbocycles. The lowest BCUT2D eigenvalue weighted by Gasteiger charge is -2.26. The van der Waals surface area contributed by atoms with Crippen LogP contribution in [-0.4, -0.2) is 71.9 Å². The van der Waals surface area contributed by atoms with Crippen LogP contribution in [0.15, 0.2) is 6.07 Å². The van der Waals surface area contributed by atoms with Crippen molar-refractivity contribution < 1.29 is 27.8 Å². The maximum Gasteiger partial charge on any atom is 0.433 e. The Kier molecular flexibility index (Phi) is 6.15. The molecule has 0 unspecified atom stereocenters. The summed E-state index contributed by atoms with van der Waals surface area (Å²) in [5.74, 6) is -1.63. The number of hydrogen-bond donors (Lipinski definition) is 3. The zero-order chi connectivity index (χ0) is 17.6. The number of halogens is 3. The van der Waals surface area contributed by atoms with Gasteiger partial charge in [0, 0.05) is 32.2 Å². The van der Waals surface area contributed by atoms with Gasteiger partial charge in [-0.15, -0.1) is 0 Å². The smallest absolute Gasteiger partial charge is 0.433 e. The summed E-state index contributed by atoms with van der Waals surface area (Å²) in [7, 11) is 0. The monoisotopic (exact) mass is 349 g/mol. The summed E-state index contributed by atoms with van der Waals surface area (Å²) in [5, 5.41) is 13.6. The highest BCUT2D eigenvalue weighted by Gasteiger charge is 2.33. The number of morpholine rings is 1. The van der Waals surface area contributed by atoms with Crippen LogP contribution in [0.3, 0.4) is 0 Å². The highest BCUT2D eigenvalue weighted by molar-refractivity contribution is 5.71. The molecule has 134 valence electrons. The molecule has 1 saturated heterocycles. The van der Waals surface area contributed by atoms with Gasteiger partial charge in [0.15, 0.2) is 5.69 Å². The molecule has 0 amide bonds. The maximum atomic E-state index is 12.9. The lowest BCUT2D eigenvalue weighted by molar-refractivity contribution is -0.141. The fourth-order valence-corrected chi connectivity index (χ4v) is 2.08. The van der Waals surface area contributed by atoms with Crippen LogP contribution in [0, 0.1) is 0 Å². The molecule has 0 saturated carbocycles. The topological polar surface area (TPSA) is 99.6 Å². The molecule has 2 rings (SSSR count). The number of hydrogen-bond acceptors (Lipinski definition) is 7. The van der Waals surface area contributed by atoms with E-state index in [9.17, 15) is 18.0 Å². The van der Waals surface area contributed by atoms with E-state index >= 15 is 0 Å². The molecular weight excluding hydrogens is 331 g/mol. The molecule has 1 aromatic rings. The second-order valence-corrected chi connectivity index (χ2v) is 5.09. The number of alkyl halides is 3. The maximum absolute atomic E-state index is 12.9. The van der Waals surface area contributed by atoms with Crippen molar-refractivity contribution in [3.8, 4) is 0 Å². The van der Waals surface area contributed by atoms with Crippen molar-refractivity contribution in [2.24, 2.45) is 0 Å². The third-order valence-electron chi connectivity index (χ3n) is 3.25. The predicted octanol–water partition coefficient (Wildman–Crippen LogP) is 0.736. The van der Waals surface area contributed by atoms with Crippen molar-refractivity contribution in [2.75, 3.05) is 56.6 Å². The third kappa shape index (κ3) is 5.81. The van der Waals surface area contributed by atoms with E-state index in [0.29, 0.717) is 26.3 Å². The minimum Gasteiger partial charge on any atom is -0.480 e. The lowest BCUT2D eigenvalue weighted by Crippen LogP contribution is -2.39. The normalized spacial score (nSPS) is 16.0. The van der Waals surface area contributed by atoms with Gasteiger partial charge in [0.25, 0.3) is 0 Å². The zero-order valence-corrected chi connectivity index (χ0v) is 12.8. The number of carbonyl (C=O) groups is 1. The van der Waals surface area contributed by atoms with Crippen LogP contribution >= 0.6 is 0 Å². The average molecular weight is 349 g/mol. The van der Waals surface area contributed by atoms with Crippen LogP contribution in [0.2, 0.25) is 0 Å². The van der Waals surface area contributed by atoms with Gasteiger partial charge in [-0.25, -0.2) is 4.98 Å². The molecule has 0 spiro atoms. The second-order valence-electron chi connectivity index (χ2n) is 5.09.